The van der Waals surface area contributed by atoms with Gasteiger partial charge in [-0.3, -0.25) is 19.3 Å². The molecule has 172 valence electrons. The summed E-state index contributed by atoms with van der Waals surface area (Å²) in [6.07, 6.45) is 0. The molecule has 1 heterocycles. The minimum atomic E-state index is -0.543. The van der Waals surface area contributed by atoms with E-state index in [4.69, 9.17) is 9.15 Å². The van der Waals surface area contributed by atoms with Crippen LogP contribution in [-0.4, -0.2) is 42.6 Å². The molecule has 1 aliphatic rings. The van der Waals surface area contributed by atoms with Crippen molar-refractivity contribution in [2.24, 2.45) is 5.41 Å². The molecule has 0 saturated carbocycles. The largest absolute Gasteiger partial charge is 0.464 e. The molecule has 0 atom stereocenters. The number of hydrogen-bond donors (Lipinski definition) is 0. The minimum absolute atomic E-state index is 0.247. The summed E-state index contributed by atoms with van der Waals surface area (Å²) in [4.78, 5) is 40.1. The number of ketones is 2. The summed E-state index contributed by atoms with van der Waals surface area (Å²) in [7, 11) is 1.89. The Morgan fingerprint density at radius 3 is 2.39 bits per heavy atom. The normalized spacial score (nSPS) is 13.4. The van der Waals surface area contributed by atoms with E-state index in [1.165, 1.54) is 0 Å². The molecule has 0 radical (unpaired) electrons. The number of nitrogens with zero attached hydrogens (tertiary/aromatic N) is 1. The van der Waals surface area contributed by atoms with E-state index >= 15 is 0 Å². The van der Waals surface area contributed by atoms with E-state index in [9.17, 15) is 14.4 Å². The standard InChI is InChI=1S/C27H29NO5/c1-15-8-7-9-18-17(15)10-11-19-22(18)24(30)23(29)21-16(2)20(33-25(19)21)14-28(6)12-13-32-26(31)27(3,4)5/h7-11H,12-14H2,1-6H3. The maximum absolute atomic E-state index is 13.1. The third-order valence-corrected chi connectivity index (χ3v) is 6.16. The molecule has 0 spiro atoms. The molecule has 0 fully saturated rings. The van der Waals surface area contributed by atoms with Crippen LogP contribution < -0.4 is 0 Å². The number of rotatable bonds is 5. The molecule has 0 aliphatic heterocycles. The van der Waals surface area contributed by atoms with Crippen LogP contribution >= 0.6 is 0 Å². The highest BCUT2D eigenvalue weighted by Gasteiger charge is 2.37. The lowest BCUT2D eigenvalue weighted by Gasteiger charge is -2.19. The van der Waals surface area contributed by atoms with Crippen LogP contribution in [0.15, 0.2) is 34.7 Å². The Morgan fingerprint density at radius 1 is 1.00 bits per heavy atom. The third kappa shape index (κ3) is 4.00. The van der Waals surface area contributed by atoms with E-state index in [-0.39, 0.29) is 12.6 Å². The number of benzene rings is 2. The maximum Gasteiger partial charge on any atom is 0.311 e. The molecule has 0 unspecified atom stereocenters. The zero-order chi connectivity index (χ0) is 24.1. The summed E-state index contributed by atoms with van der Waals surface area (Å²) in [6.45, 7) is 10.4. The van der Waals surface area contributed by atoms with Crippen LogP contribution in [0.1, 0.15) is 58.4 Å². The van der Waals surface area contributed by atoms with Crippen LogP contribution in [0.4, 0.5) is 0 Å². The van der Waals surface area contributed by atoms with Gasteiger partial charge in [-0.25, -0.2) is 0 Å². The lowest BCUT2D eigenvalue weighted by molar-refractivity contribution is -0.153. The number of hydrogen-bond acceptors (Lipinski definition) is 6. The second kappa shape index (κ2) is 8.27. The van der Waals surface area contributed by atoms with Crippen molar-refractivity contribution in [2.75, 3.05) is 20.2 Å². The number of esters is 1. The van der Waals surface area contributed by atoms with Crippen molar-refractivity contribution in [3.63, 3.8) is 0 Å². The van der Waals surface area contributed by atoms with Crippen molar-refractivity contribution >= 4 is 28.3 Å². The average molecular weight is 448 g/mol. The highest BCUT2D eigenvalue weighted by molar-refractivity contribution is 6.54. The van der Waals surface area contributed by atoms with Gasteiger partial charge in [-0.15, -0.1) is 0 Å². The van der Waals surface area contributed by atoms with E-state index in [2.05, 4.69) is 0 Å². The van der Waals surface area contributed by atoms with Crippen LogP contribution in [-0.2, 0) is 16.1 Å². The number of furan rings is 1. The first-order valence-corrected chi connectivity index (χ1v) is 11.1. The maximum atomic E-state index is 13.1. The van der Waals surface area contributed by atoms with Gasteiger partial charge in [0.2, 0.25) is 11.6 Å². The van der Waals surface area contributed by atoms with E-state index < -0.39 is 17.0 Å². The quantitative estimate of drug-likeness (QED) is 0.399. The Hall–Kier alpha value is -3.25. The summed E-state index contributed by atoms with van der Waals surface area (Å²) < 4.78 is 11.5. The number of likely N-dealkylation sites (N-methyl/N-ethyl adjacent to an activating group) is 1. The van der Waals surface area contributed by atoms with E-state index in [0.717, 1.165) is 16.3 Å². The van der Waals surface area contributed by atoms with Gasteiger partial charge in [0, 0.05) is 23.2 Å². The summed E-state index contributed by atoms with van der Waals surface area (Å²) in [5.74, 6) is -0.183. The van der Waals surface area contributed by atoms with Gasteiger partial charge in [0.25, 0.3) is 0 Å². The molecular weight excluding hydrogens is 418 g/mol. The molecule has 0 saturated heterocycles. The van der Waals surface area contributed by atoms with Crippen molar-refractivity contribution < 1.29 is 23.5 Å². The van der Waals surface area contributed by atoms with Gasteiger partial charge in [-0.1, -0.05) is 24.3 Å². The highest BCUT2D eigenvalue weighted by Crippen LogP contribution is 2.41. The SMILES string of the molecule is Cc1c(CN(C)CCOC(=O)C(C)(C)C)oc2c1C(=O)C(=O)c1c-2ccc2c(C)cccc12. The smallest absolute Gasteiger partial charge is 0.311 e. The molecule has 0 bridgehead atoms. The van der Waals surface area contributed by atoms with Crippen LogP contribution in [0.5, 0.6) is 0 Å². The Morgan fingerprint density at radius 2 is 1.70 bits per heavy atom. The molecule has 2 aromatic carbocycles. The first-order valence-electron chi connectivity index (χ1n) is 11.1. The van der Waals surface area contributed by atoms with Crippen molar-refractivity contribution in [3.8, 4) is 11.3 Å². The molecular formula is C27H29NO5. The Labute approximate surface area is 193 Å². The van der Waals surface area contributed by atoms with Gasteiger partial charge in [0.1, 0.15) is 18.1 Å². The summed E-state index contributed by atoms with van der Waals surface area (Å²) in [5, 5.41) is 1.72. The molecule has 6 heteroatoms. The molecule has 0 amide bonds. The Balaban J connectivity index is 1.63. The Bertz CT molecular complexity index is 1290. The number of carbonyl (C=O) groups excluding carboxylic acids is 3. The Kier molecular flexibility index (Phi) is 5.74. The van der Waals surface area contributed by atoms with Crippen LogP contribution in [0.2, 0.25) is 0 Å². The molecule has 1 aliphatic carbocycles. The number of fused-ring (bicyclic) bond motifs is 5. The third-order valence-electron chi connectivity index (χ3n) is 6.16. The zero-order valence-corrected chi connectivity index (χ0v) is 20.0. The van der Waals surface area contributed by atoms with Gasteiger partial charge in [0.15, 0.2) is 0 Å². The molecule has 6 nitrogen and oxygen atoms in total. The van der Waals surface area contributed by atoms with Crippen molar-refractivity contribution in [2.45, 2.75) is 41.2 Å². The lowest BCUT2D eigenvalue weighted by atomic mass is 9.83. The molecule has 0 N–H and O–H groups in total. The first-order chi connectivity index (χ1) is 15.5. The summed E-state index contributed by atoms with van der Waals surface area (Å²) in [5.41, 5.74) is 2.60. The minimum Gasteiger partial charge on any atom is -0.464 e. The molecule has 1 aromatic heterocycles. The van der Waals surface area contributed by atoms with Crippen molar-refractivity contribution in [1.29, 1.82) is 0 Å². The second-order valence-corrected chi connectivity index (χ2v) is 9.79. The highest BCUT2D eigenvalue weighted by atomic mass is 16.5. The number of ether oxygens (including phenoxy) is 1. The van der Waals surface area contributed by atoms with E-state index in [1.807, 2.05) is 76.9 Å². The predicted octanol–water partition coefficient (Wildman–Crippen LogP) is 5.12. The number of carbonyl (C=O) groups is 3. The van der Waals surface area contributed by atoms with Crippen LogP contribution in [0.25, 0.3) is 22.1 Å². The topological polar surface area (TPSA) is 76.8 Å². The van der Waals surface area contributed by atoms with Crippen LogP contribution in [0.3, 0.4) is 0 Å². The van der Waals surface area contributed by atoms with E-state index in [0.29, 0.717) is 46.9 Å². The van der Waals surface area contributed by atoms with Gasteiger partial charge in [0.05, 0.1) is 17.5 Å². The predicted molar refractivity (Wildman–Crippen MR) is 127 cm³/mol. The molecule has 3 aromatic rings. The fourth-order valence-electron chi connectivity index (χ4n) is 4.19. The summed E-state index contributed by atoms with van der Waals surface area (Å²) in [6, 6.07) is 9.60. The van der Waals surface area contributed by atoms with Gasteiger partial charge in [-0.2, -0.15) is 0 Å². The fourth-order valence-corrected chi connectivity index (χ4v) is 4.19. The van der Waals surface area contributed by atoms with Crippen molar-refractivity contribution in [3.05, 3.63) is 58.3 Å². The molecule has 33 heavy (non-hydrogen) atoms. The zero-order valence-electron chi connectivity index (χ0n) is 20.0. The number of aryl methyl sites for hydroxylation is 1. The second-order valence-electron chi connectivity index (χ2n) is 9.79. The van der Waals surface area contributed by atoms with Gasteiger partial charge in [-0.05, 0) is 64.1 Å². The summed E-state index contributed by atoms with van der Waals surface area (Å²) >= 11 is 0. The lowest BCUT2D eigenvalue weighted by Crippen LogP contribution is -2.28. The average Bonchev–Trinajstić information content (AvgIpc) is 3.07. The van der Waals surface area contributed by atoms with E-state index in [1.54, 1.807) is 0 Å². The first kappa shape index (κ1) is 22.9. The van der Waals surface area contributed by atoms with Crippen LogP contribution in [0, 0.1) is 19.3 Å². The monoisotopic (exact) mass is 447 g/mol. The van der Waals surface area contributed by atoms with Crippen molar-refractivity contribution in [1.82, 2.24) is 4.90 Å². The van der Waals surface area contributed by atoms with Gasteiger partial charge < -0.3 is 9.15 Å². The number of Topliss-reactive ketones (excluding diaryl/α,β-unsaturated/α-hetero) is 2. The fraction of sp³-hybridized carbons (Fsp3) is 0.370. The molecule has 4 rings (SSSR count). The van der Waals surface area contributed by atoms with Gasteiger partial charge >= 0.3 is 5.97 Å².